The van der Waals surface area contributed by atoms with Crippen LogP contribution in [0, 0.1) is 0 Å². The predicted octanol–water partition coefficient (Wildman–Crippen LogP) is 4.05. The topological polar surface area (TPSA) is 27.7 Å². The minimum Gasteiger partial charge on any atom is -0.493 e. The van der Waals surface area contributed by atoms with Crippen molar-refractivity contribution in [3.05, 3.63) is 22.7 Å². The van der Waals surface area contributed by atoms with Crippen molar-refractivity contribution in [3.8, 4) is 11.5 Å². The second-order valence-corrected chi connectivity index (χ2v) is 5.00. The molecule has 0 amide bonds. The standard InChI is InChI=1S/C13H18BrClO3/c1-9(2)17-4-5-18-13-10(8-14)6-11(15)7-12(13)16-3/h6-7,9H,4-5,8H2,1-3H3. The van der Waals surface area contributed by atoms with Crippen LogP contribution in [-0.2, 0) is 10.1 Å². The summed E-state index contributed by atoms with van der Waals surface area (Å²) in [5, 5.41) is 1.29. The molecular formula is C13H18BrClO3. The van der Waals surface area contributed by atoms with Crippen molar-refractivity contribution in [2.75, 3.05) is 20.3 Å². The summed E-state index contributed by atoms with van der Waals surface area (Å²) in [6.45, 7) is 5.01. The molecule has 0 bridgehead atoms. The van der Waals surface area contributed by atoms with E-state index >= 15 is 0 Å². The molecule has 102 valence electrons. The quantitative estimate of drug-likeness (QED) is 0.555. The first-order valence-electron chi connectivity index (χ1n) is 5.75. The lowest BCUT2D eigenvalue weighted by Gasteiger charge is -2.15. The first-order chi connectivity index (χ1) is 8.58. The molecule has 0 aliphatic carbocycles. The van der Waals surface area contributed by atoms with E-state index in [-0.39, 0.29) is 6.10 Å². The number of benzene rings is 1. The van der Waals surface area contributed by atoms with Gasteiger partial charge < -0.3 is 14.2 Å². The average Bonchev–Trinajstić information content (AvgIpc) is 2.34. The summed E-state index contributed by atoms with van der Waals surface area (Å²) in [5.41, 5.74) is 0.962. The Morgan fingerprint density at radius 3 is 2.56 bits per heavy atom. The molecule has 0 unspecified atom stereocenters. The van der Waals surface area contributed by atoms with Crippen molar-refractivity contribution in [1.82, 2.24) is 0 Å². The van der Waals surface area contributed by atoms with E-state index in [1.54, 1.807) is 13.2 Å². The average molecular weight is 338 g/mol. The molecule has 0 aromatic heterocycles. The summed E-state index contributed by atoms with van der Waals surface area (Å²) in [7, 11) is 1.60. The molecule has 3 nitrogen and oxygen atoms in total. The van der Waals surface area contributed by atoms with Crippen LogP contribution < -0.4 is 9.47 Å². The Hall–Kier alpha value is -0.450. The predicted molar refractivity (Wildman–Crippen MR) is 77.2 cm³/mol. The van der Waals surface area contributed by atoms with Crippen molar-refractivity contribution in [1.29, 1.82) is 0 Å². The molecule has 0 aliphatic heterocycles. The van der Waals surface area contributed by atoms with Crippen LogP contribution in [0.5, 0.6) is 11.5 Å². The third-order valence-corrected chi connectivity index (χ3v) is 3.06. The molecule has 1 aromatic carbocycles. The Bertz CT molecular complexity index is 357. The maximum atomic E-state index is 6.00. The number of hydrogen-bond acceptors (Lipinski definition) is 3. The zero-order valence-electron chi connectivity index (χ0n) is 10.8. The molecule has 0 heterocycles. The fourth-order valence-corrected chi connectivity index (χ4v) is 2.11. The lowest BCUT2D eigenvalue weighted by Crippen LogP contribution is -2.12. The van der Waals surface area contributed by atoms with E-state index in [0.29, 0.717) is 35.1 Å². The lowest BCUT2D eigenvalue weighted by atomic mass is 10.2. The van der Waals surface area contributed by atoms with Crippen LogP contribution in [-0.4, -0.2) is 26.4 Å². The summed E-state index contributed by atoms with van der Waals surface area (Å²) in [6, 6.07) is 3.60. The van der Waals surface area contributed by atoms with Gasteiger partial charge >= 0.3 is 0 Å². The van der Waals surface area contributed by atoms with Gasteiger partial charge in [0.25, 0.3) is 0 Å². The van der Waals surface area contributed by atoms with Gasteiger partial charge in [0.2, 0.25) is 0 Å². The van der Waals surface area contributed by atoms with E-state index in [0.717, 1.165) is 5.56 Å². The molecule has 0 spiro atoms. The van der Waals surface area contributed by atoms with Crippen LogP contribution in [0.15, 0.2) is 12.1 Å². The van der Waals surface area contributed by atoms with Gasteiger partial charge in [-0.25, -0.2) is 0 Å². The largest absolute Gasteiger partial charge is 0.493 e. The number of methoxy groups -OCH3 is 1. The van der Waals surface area contributed by atoms with Crippen LogP contribution in [0.25, 0.3) is 0 Å². The van der Waals surface area contributed by atoms with Crippen molar-refractivity contribution in [3.63, 3.8) is 0 Å². The number of alkyl halides is 1. The van der Waals surface area contributed by atoms with Gasteiger partial charge in [-0.1, -0.05) is 27.5 Å². The van der Waals surface area contributed by atoms with E-state index in [4.69, 9.17) is 25.8 Å². The molecule has 0 aliphatic rings. The highest BCUT2D eigenvalue weighted by atomic mass is 79.9. The number of halogens is 2. The van der Waals surface area contributed by atoms with Crippen LogP contribution >= 0.6 is 27.5 Å². The Balaban J connectivity index is 2.73. The summed E-state index contributed by atoms with van der Waals surface area (Å²) < 4.78 is 16.4. The minimum atomic E-state index is 0.205. The zero-order chi connectivity index (χ0) is 13.5. The highest BCUT2D eigenvalue weighted by molar-refractivity contribution is 9.08. The van der Waals surface area contributed by atoms with Crippen molar-refractivity contribution < 1.29 is 14.2 Å². The van der Waals surface area contributed by atoms with Gasteiger partial charge in [0, 0.05) is 22.0 Å². The molecule has 0 radical (unpaired) electrons. The fourth-order valence-electron chi connectivity index (χ4n) is 1.46. The van der Waals surface area contributed by atoms with E-state index in [1.165, 1.54) is 0 Å². The van der Waals surface area contributed by atoms with Crippen LogP contribution in [0.4, 0.5) is 0 Å². The number of rotatable bonds is 7. The van der Waals surface area contributed by atoms with Crippen molar-refractivity contribution in [2.45, 2.75) is 25.3 Å². The SMILES string of the molecule is COc1cc(Cl)cc(CBr)c1OCCOC(C)C. The van der Waals surface area contributed by atoms with E-state index < -0.39 is 0 Å². The van der Waals surface area contributed by atoms with Crippen LogP contribution in [0.2, 0.25) is 5.02 Å². The first kappa shape index (κ1) is 15.6. The number of hydrogen-bond donors (Lipinski definition) is 0. The highest BCUT2D eigenvalue weighted by Gasteiger charge is 2.12. The Morgan fingerprint density at radius 1 is 1.28 bits per heavy atom. The third kappa shape index (κ3) is 4.67. The molecule has 5 heteroatoms. The molecule has 0 N–H and O–H groups in total. The smallest absolute Gasteiger partial charge is 0.165 e. The second kappa shape index (κ2) is 7.87. The lowest BCUT2D eigenvalue weighted by molar-refractivity contribution is 0.0545. The molecule has 0 saturated heterocycles. The van der Waals surface area contributed by atoms with Gasteiger partial charge in [-0.2, -0.15) is 0 Å². The van der Waals surface area contributed by atoms with Gasteiger partial charge in [-0.3, -0.25) is 0 Å². The van der Waals surface area contributed by atoms with E-state index in [9.17, 15) is 0 Å². The summed E-state index contributed by atoms with van der Waals surface area (Å²) in [4.78, 5) is 0. The molecule has 1 rings (SSSR count). The summed E-state index contributed by atoms with van der Waals surface area (Å²) in [5.74, 6) is 1.35. The molecule has 0 atom stereocenters. The summed E-state index contributed by atoms with van der Waals surface area (Å²) in [6.07, 6.45) is 0.205. The van der Waals surface area contributed by atoms with Gasteiger partial charge in [0.05, 0.1) is 19.8 Å². The van der Waals surface area contributed by atoms with Gasteiger partial charge in [0.15, 0.2) is 11.5 Å². The molecule has 0 saturated carbocycles. The number of ether oxygens (including phenoxy) is 3. The highest BCUT2D eigenvalue weighted by Crippen LogP contribution is 2.35. The Morgan fingerprint density at radius 2 is 2.00 bits per heavy atom. The summed E-state index contributed by atoms with van der Waals surface area (Å²) >= 11 is 9.41. The van der Waals surface area contributed by atoms with E-state index in [1.807, 2.05) is 19.9 Å². The maximum absolute atomic E-state index is 6.00. The zero-order valence-corrected chi connectivity index (χ0v) is 13.2. The maximum Gasteiger partial charge on any atom is 0.165 e. The van der Waals surface area contributed by atoms with Crippen LogP contribution in [0.1, 0.15) is 19.4 Å². The third-order valence-electron chi connectivity index (χ3n) is 2.24. The fraction of sp³-hybridized carbons (Fsp3) is 0.538. The van der Waals surface area contributed by atoms with Gasteiger partial charge in [-0.05, 0) is 19.9 Å². The molecular weight excluding hydrogens is 319 g/mol. The van der Waals surface area contributed by atoms with E-state index in [2.05, 4.69) is 15.9 Å². The monoisotopic (exact) mass is 336 g/mol. The van der Waals surface area contributed by atoms with Crippen molar-refractivity contribution in [2.24, 2.45) is 0 Å². The molecule has 1 aromatic rings. The molecule has 0 fully saturated rings. The van der Waals surface area contributed by atoms with Gasteiger partial charge in [0.1, 0.15) is 6.61 Å². The van der Waals surface area contributed by atoms with Gasteiger partial charge in [-0.15, -0.1) is 0 Å². The van der Waals surface area contributed by atoms with Crippen LogP contribution in [0.3, 0.4) is 0 Å². The first-order valence-corrected chi connectivity index (χ1v) is 7.25. The van der Waals surface area contributed by atoms with Crippen molar-refractivity contribution >= 4 is 27.5 Å². The Labute approximate surface area is 121 Å². The normalized spacial score (nSPS) is 10.8. The molecule has 18 heavy (non-hydrogen) atoms. The second-order valence-electron chi connectivity index (χ2n) is 4.00. The Kier molecular flexibility index (Phi) is 6.82. The minimum absolute atomic E-state index is 0.205.